The van der Waals surface area contributed by atoms with E-state index in [1.54, 1.807) is 0 Å². The van der Waals surface area contributed by atoms with E-state index in [0.717, 1.165) is 77.3 Å². The van der Waals surface area contributed by atoms with E-state index in [2.05, 4.69) is 42.1 Å². The molecule has 1 aliphatic carbocycles. The predicted molar refractivity (Wildman–Crippen MR) is 204 cm³/mol. The highest BCUT2D eigenvalue weighted by Gasteiger charge is 2.25. The molecule has 1 fully saturated rings. The lowest BCUT2D eigenvalue weighted by molar-refractivity contribution is -0.156. The Hall–Kier alpha value is -1.67. The summed E-state index contributed by atoms with van der Waals surface area (Å²) in [7, 11) is 0. The van der Waals surface area contributed by atoms with E-state index in [4.69, 9.17) is 9.84 Å². The van der Waals surface area contributed by atoms with Crippen LogP contribution in [0.15, 0.2) is 0 Å². The molecule has 1 aliphatic rings. The van der Waals surface area contributed by atoms with Crippen LogP contribution in [0.25, 0.3) is 0 Å². The van der Waals surface area contributed by atoms with Crippen LogP contribution < -0.4 is 0 Å². The highest BCUT2D eigenvalue weighted by molar-refractivity contribution is 5.72. The van der Waals surface area contributed by atoms with Crippen LogP contribution in [0, 0.1) is 5.92 Å². The minimum atomic E-state index is 0.117. The molecule has 0 saturated heterocycles. The van der Waals surface area contributed by atoms with E-state index < -0.39 is 0 Å². The SMILES string of the molecule is CCC.CCCCCCCCC(CCCCCCCC)OC(=O)C1CCCCC1.O=COCCCCCN(CCO)CCCCCOC=O. The van der Waals surface area contributed by atoms with Gasteiger partial charge in [-0.05, 0) is 90.1 Å². The predicted octanol–water partition coefficient (Wildman–Crippen LogP) is 10.4. The smallest absolute Gasteiger partial charge is 0.309 e. The molecule has 0 unspecified atom stereocenters. The van der Waals surface area contributed by atoms with Gasteiger partial charge in [-0.1, -0.05) is 118 Å². The molecule has 0 aromatic heterocycles. The van der Waals surface area contributed by atoms with Crippen molar-refractivity contribution in [2.75, 3.05) is 39.5 Å². The van der Waals surface area contributed by atoms with Gasteiger partial charge in [0.2, 0.25) is 0 Å². The Bertz CT molecular complexity index is 636. The summed E-state index contributed by atoms with van der Waals surface area (Å²) in [5, 5.41) is 9.02. The lowest BCUT2D eigenvalue weighted by Gasteiger charge is -2.24. The van der Waals surface area contributed by atoms with Crippen LogP contribution in [0.2, 0.25) is 0 Å². The van der Waals surface area contributed by atoms with Crippen LogP contribution in [-0.4, -0.2) is 74.5 Å². The van der Waals surface area contributed by atoms with Crippen LogP contribution in [-0.2, 0) is 28.6 Å². The summed E-state index contributed by atoms with van der Waals surface area (Å²) in [4.78, 5) is 34.7. The van der Waals surface area contributed by atoms with Crippen LogP contribution in [0.3, 0.4) is 0 Å². The number of aliphatic hydroxyl groups excluding tert-OH is 1. The molecular formula is C41H81NO7. The Kier molecular flexibility index (Phi) is 42.9. The number of carbonyl (C=O) groups excluding carboxylic acids is 3. The summed E-state index contributed by atoms with van der Waals surface area (Å²) in [5.74, 6) is 0.312. The van der Waals surface area contributed by atoms with Crippen molar-refractivity contribution in [3.8, 4) is 0 Å². The van der Waals surface area contributed by atoms with Crippen LogP contribution in [0.4, 0.5) is 0 Å². The highest BCUT2D eigenvalue weighted by atomic mass is 16.5. The molecule has 0 bridgehead atoms. The average Bonchev–Trinajstić information content (AvgIpc) is 3.11. The van der Waals surface area contributed by atoms with Gasteiger partial charge in [0, 0.05) is 6.54 Å². The van der Waals surface area contributed by atoms with Gasteiger partial charge < -0.3 is 24.2 Å². The van der Waals surface area contributed by atoms with E-state index in [9.17, 15) is 14.4 Å². The molecule has 0 aromatic carbocycles. The number of hydrogen-bond acceptors (Lipinski definition) is 8. The van der Waals surface area contributed by atoms with Gasteiger partial charge in [0.05, 0.1) is 25.7 Å². The Balaban J connectivity index is 0. The Morgan fingerprint density at radius 3 is 1.49 bits per heavy atom. The van der Waals surface area contributed by atoms with Crippen LogP contribution in [0.1, 0.15) is 195 Å². The third-order valence-corrected chi connectivity index (χ3v) is 9.01. The molecule has 1 N–H and O–H groups in total. The molecule has 1 rings (SSSR count). The minimum absolute atomic E-state index is 0.117. The molecule has 0 aliphatic heterocycles. The Labute approximate surface area is 303 Å². The zero-order chi connectivity index (χ0) is 36.5. The number of carbonyl (C=O) groups is 3. The maximum atomic E-state index is 12.5. The van der Waals surface area contributed by atoms with Gasteiger partial charge in [-0.3, -0.25) is 14.4 Å². The number of ether oxygens (including phenoxy) is 3. The summed E-state index contributed by atoms with van der Waals surface area (Å²) >= 11 is 0. The number of unbranched alkanes of at least 4 members (excludes halogenated alkanes) is 14. The Morgan fingerprint density at radius 1 is 0.633 bits per heavy atom. The molecule has 8 nitrogen and oxygen atoms in total. The van der Waals surface area contributed by atoms with E-state index in [0.29, 0.717) is 32.7 Å². The fourth-order valence-corrected chi connectivity index (χ4v) is 6.13. The molecule has 49 heavy (non-hydrogen) atoms. The van der Waals surface area contributed by atoms with Gasteiger partial charge >= 0.3 is 5.97 Å². The average molecular weight is 700 g/mol. The second kappa shape index (κ2) is 42.5. The van der Waals surface area contributed by atoms with Crippen molar-refractivity contribution in [3.63, 3.8) is 0 Å². The summed E-state index contributed by atoms with van der Waals surface area (Å²) in [6.45, 7) is 13.5. The standard InChI is InChI=1S/C24H46O2.C14H27NO5.C3H8/c1-3-5-7-9-11-16-20-23(21-17-12-10-8-6-4-2)26-24(25)22-18-14-13-15-19-22;16-10-9-15(7-3-1-5-11-19-13-17)8-4-2-6-12-20-14-18;1-3-2/h22-23H,3-21H2,1-2H3;13-14,16H,1-12H2;3H2,1-2H3. The van der Waals surface area contributed by atoms with Crippen LogP contribution >= 0.6 is 0 Å². The monoisotopic (exact) mass is 700 g/mol. The molecule has 1 saturated carbocycles. The third-order valence-electron chi connectivity index (χ3n) is 9.01. The first-order chi connectivity index (χ1) is 24.0. The van der Waals surface area contributed by atoms with Gasteiger partial charge in [0.15, 0.2) is 0 Å². The number of hydrogen-bond donors (Lipinski definition) is 1. The van der Waals surface area contributed by atoms with Crippen molar-refractivity contribution < 1.29 is 33.7 Å². The van der Waals surface area contributed by atoms with Crippen molar-refractivity contribution >= 4 is 18.9 Å². The number of aliphatic hydroxyl groups is 1. The molecular weight excluding hydrogens is 618 g/mol. The lowest BCUT2D eigenvalue weighted by Crippen LogP contribution is -2.29. The summed E-state index contributed by atoms with van der Waals surface area (Å²) in [6, 6.07) is 0. The molecule has 0 amide bonds. The number of esters is 1. The first-order valence-electron chi connectivity index (χ1n) is 20.7. The molecule has 0 radical (unpaired) electrons. The van der Waals surface area contributed by atoms with E-state index in [1.165, 1.54) is 103 Å². The quantitative estimate of drug-likeness (QED) is 0.0320. The molecule has 0 atom stereocenters. The zero-order valence-corrected chi connectivity index (χ0v) is 32.8. The molecule has 0 heterocycles. The number of rotatable bonds is 32. The van der Waals surface area contributed by atoms with Gasteiger partial charge in [-0.15, -0.1) is 0 Å². The second-order valence-electron chi connectivity index (χ2n) is 13.8. The van der Waals surface area contributed by atoms with Crippen molar-refractivity contribution in [3.05, 3.63) is 0 Å². The Morgan fingerprint density at radius 2 is 1.06 bits per heavy atom. The zero-order valence-electron chi connectivity index (χ0n) is 32.8. The summed E-state index contributed by atoms with van der Waals surface area (Å²) < 4.78 is 15.3. The first-order valence-corrected chi connectivity index (χ1v) is 20.7. The highest BCUT2D eigenvalue weighted by Crippen LogP contribution is 2.26. The fourth-order valence-electron chi connectivity index (χ4n) is 6.13. The van der Waals surface area contributed by atoms with Crippen molar-refractivity contribution in [1.82, 2.24) is 4.90 Å². The maximum absolute atomic E-state index is 12.5. The first kappa shape index (κ1) is 49.4. The van der Waals surface area contributed by atoms with E-state index in [1.807, 2.05) is 0 Å². The molecule has 0 spiro atoms. The van der Waals surface area contributed by atoms with Gasteiger partial charge in [0.1, 0.15) is 6.10 Å². The lowest BCUT2D eigenvalue weighted by atomic mass is 9.89. The van der Waals surface area contributed by atoms with Crippen molar-refractivity contribution in [2.45, 2.75) is 201 Å². The van der Waals surface area contributed by atoms with E-state index >= 15 is 0 Å². The topological polar surface area (TPSA) is 102 Å². The summed E-state index contributed by atoms with van der Waals surface area (Å²) in [6.07, 6.45) is 31.1. The fraction of sp³-hybridized carbons (Fsp3) is 0.927. The largest absolute Gasteiger partial charge is 0.468 e. The van der Waals surface area contributed by atoms with Crippen molar-refractivity contribution in [1.29, 1.82) is 0 Å². The normalized spacial score (nSPS) is 12.9. The maximum Gasteiger partial charge on any atom is 0.309 e. The van der Waals surface area contributed by atoms with Gasteiger partial charge in [0.25, 0.3) is 12.9 Å². The second-order valence-corrected chi connectivity index (χ2v) is 13.8. The van der Waals surface area contributed by atoms with Crippen molar-refractivity contribution in [2.24, 2.45) is 5.92 Å². The van der Waals surface area contributed by atoms with E-state index in [-0.39, 0.29) is 24.6 Å². The van der Waals surface area contributed by atoms with Crippen LogP contribution in [0.5, 0.6) is 0 Å². The summed E-state index contributed by atoms with van der Waals surface area (Å²) in [5.41, 5.74) is 0. The number of nitrogens with zero attached hydrogens (tertiary/aromatic N) is 1. The van der Waals surface area contributed by atoms with Gasteiger partial charge in [-0.2, -0.15) is 0 Å². The van der Waals surface area contributed by atoms with Gasteiger partial charge in [-0.25, -0.2) is 0 Å². The molecule has 292 valence electrons. The minimum Gasteiger partial charge on any atom is -0.468 e. The third kappa shape index (κ3) is 37.4. The molecule has 8 heteroatoms. The molecule has 0 aromatic rings.